The van der Waals surface area contributed by atoms with Gasteiger partial charge in [-0.1, -0.05) is 29.8 Å². The monoisotopic (exact) mass is 549 g/mol. The molecule has 9 nitrogen and oxygen atoms in total. The highest BCUT2D eigenvalue weighted by atomic mass is 35.5. The molecule has 3 aromatic carbocycles. The molecule has 4 rings (SSSR count). The van der Waals surface area contributed by atoms with Crippen LogP contribution in [0, 0.1) is 0 Å². The van der Waals surface area contributed by atoms with Crippen LogP contribution >= 0.6 is 11.6 Å². The first kappa shape index (κ1) is 27.9. The largest absolute Gasteiger partial charge is 0.480 e. The van der Waals surface area contributed by atoms with Gasteiger partial charge in [0.15, 0.2) is 5.96 Å². The van der Waals surface area contributed by atoms with Crippen LogP contribution in [0.25, 0.3) is 0 Å². The number of anilines is 1. The number of amides is 1. The Hall–Kier alpha value is -4.08. The fourth-order valence-corrected chi connectivity index (χ4v) is 4.53. The van der Waals surface area contributed by atoms with Crippen molar-refractivity contribution in [3.63, 3.8) is 0 Å². The van der Waals surface area contributed by atoms with E-state index in [2.05, 4.69) is 21.3 Å². The van der Waals surface area contributed by atoms with Crippen molar-refractivity contribution in [3.8, 4) is 11.5 Å². The number of hydrogen-bond donors (Lipinski definition) is 4. The maximum absolute atomic E-state index is 12.7. The SMILES string of the molecule is N/C(=N\C(=O)c1ccc(C[C@H](N)C(=O)O)cc1)NCc1c(Oc2ccc(Cl)cc2)cccc1N1CCCCC1. The Labute approximate surface area is 232 Å². The third-order valence-corrected chi connectivity index (χ3v) is 6.74. The lowest BCUT2D eigenvalue weighted by atomic mass is 10.0. The Morgan fingerprint density at radius 2 is 1.72 bits per heavy atom. The lowest BCUT2D eigenvalue weighted by Gasteiger charge is -2.31. The van der Waals surface area contributed by atoms with Gasteiger partial charge in [0.1, 0.15) is 17.5 Å². The molecule has 6 N–H and O–H groups in total. The Balaban J connectivity index is 1.49. The third-order valence-electron chi connectivity index (χ3n) is 6.49. The molecule has 0 saturated carbocycles. The fraction of sp³-hybridized carbons (Fsp3) is 0.276. The number of guanidine groups is 1. The number of nitrogens with two attached hydrogens (primary N) is 2. The van der Waals surface area contributed by atoms with Gasteiger partial charge in [-0.25, -0.2) is 0 Å². The molecular weight excluding hydrogens is 518 g/mol. The van der Waals surface area contributed by atoms with E-state index in [0.29, 0.717) is 34.2 Å². The molecule has 3 aromatic rings. The van der Waals surface area contributed by atoms with Crippen LogP contribution in [-0.2, 0) is 17.8 Å². The molecular formula is C29H32ClN5O4. The quantitative estimate of drug-likeness (QED) is 0.228. The second-order valence-corrected chi connectivity index (χ2v) is 9.80. The van der Waals surface area contributed by atoms with Crippen molar-refractivity contribution < 1.29 is 19.4 Å². The number of aliphatic carboxylic acids is 1. The van der Waals surface area contributed by atoms with Crippen LogP contribution in [0.3, 0.4) is 0 Å². The smallest absolute Gasteiger partial charge is 0.320 e. The summed E-state index contributed by atoms with van der Waals surface area (Å²) in [5.41, 5.74) is 14.7. The molecule has 0 aliphatic carbocycles. The van der Waals surface area contributed by atoms with Crippen LogP contribution in [0.2, 0.25) is 5.02 Å². The van der Waals surface area contributed by atoms with Gasteiger partial charge >= 0.3 is 5.97 Å². The summed E-state index contributed by atoms with van der Waals surface area (Å²) in [6.07, 6.45) is 3.61. The molecule has 39 heavy (non-hydrogen) atoms. The van der Waals surface area contributed by atoms with Gasteiger partial charge in [0.2, 0.25) is 0 Å². The summed E-state index contributed by atoms with van der Waals surface area (Å²) in [5, 5.41) is 12.7. The van der Waals surface area contributed by atoms with Gasteiger partial charge in [-0.2, -0.15) is 4.99 Å². The predicted octanol–water partition coefficient (Wildman–Crippen LogP) is 4.32. The van der Waals surface area contributed by atoms with E-state index in [1.54, 1.807) is 36.4 Å². The molecule has 0 aromatic heterocycles. The van der Waals surface area contributed by atoms with Crippen molar-refractivity contribution in [2.24, 2.45) is 16.5 Å². The first-order valence-electron chi connectivity index (χ1n) is 12.8. The Morgan fingerprint density at radius 1 is 1.03 bits per heavy atom. The van der Waals surface area contributed by atoms with Crippen molar-refractivity contribution in [1.82, 2.24) is 5.32 Å². The zero-order chi connectivity index (χ0) is 27.8. The number of rotatable bonds is 9. The maximum atomic E-state index is 12.7. The number of piperidine rings is 1. The van der Waals surface area contributed by atoms with E-state index in [1.807, 2.05) is 24.3 Å². The number of carboxylic acids is 1. The van der Waals surface area contributed by atoms with Crippen molar-refractivity contribution >= 4 is 35.1 Å². The van der Waals surface area contributed by atoms with E-state index < -0.39 is 17.9 Å². The number of benzene rings is 3. The van der Waals surface area contributed by atoms with Crippen LogP contribution < -0.4 is 26.4 Å². The molecule has 204 valence electrons. The molecule has 10 heteroatoms. The summed E-state index contributed by atoms with van der Waals surface area (Å²) in [5.74, 6) is -0.302. The van der Waals surface area contributed by atoms with Gasteiger partial charge in [0.25, 0.3) is 5.91 Å². The van der Waals surface area contributed by atoms with E-state index in [0.717, 1.165) is 37.2 Å². The normalized spacial score (nSPS) is 14.5. The summed E-state index contributed by atoms with van der Waals surface area (Å²) < 4.78 is 6.21. The third kappa shape index (κ3) is 7.72. The Kier molecular flexibility index (Phi) is 9.40. The number of aliphatic imine (C=N–C) groups is 1. The average Bonchev–Trinajstić information content (AvgIpc) is 2.94. The minimum Gasteiger partial charge on any atom is -0.480 e. The second-order valence-electron chi connectivity index (χ2n) is 9.36. The fourth-order valence-electron chi connectivity index (χ4n) is 4.41. The van der Waals surface area contributed by atoms with Gasteiger partial charge in [0.05, 0.1) is 0 Å². The molecule has 1 fully saturated rings. The molecule has 1 heterocycles. The molecule has 0 spiro atoms. The Bertz CT molecular complexity index is 1320. The number of carbonyl (C=O) groups excluding carboxylic acids is 1. The van der Waals surface area contributed by atoms with Gasteiger partial charge in [0, 0.05) is 41.5 Å². The van der Waals surface area contributed by atoms with Crippen molar-refractivity contribution in [2.75, 3.05) is 18.0 Å². The second kappa shape index (κ2) is 13.1. The highest BCUT2D eigenvalue weighted by Gasteiger charge is 2.19. The lowest BCUT2D eigenvalue weighted by Crippen LogP contribution is -2.34. The maximum Gasteiger partial charge on any atom is 0.320 e. The van der Waals surface area contributed by atoms with E-state index >= 15 is 0 Å². The average molecular weight is 550 g/mol. The molecule has 0 unspecified atom stereocenters. The summed E-state index contributed by atoms with van der Waals surface area (Å²) in [6.45, 7) is 2.20. The zero-order valence-corrected chi connectivity index (χ0v) is 22.2. The zero-order valence-electron chi connectivity index (χ0n) is 21.5. The number of ether oxygens (including phenoxy) is 1. The first-order chi connectivity index (χ1) is 18.8. The number of halogens is 1. The standard InChI is InChI=1S/C29H32ClN5O4/c30-21-11-13-22(14-12-21)39-26-6-4-5-25(35-15-2-1-3-16-35)23(26)18-33-29(32)34-27(36)20-9-7-19(8-10-20)17-24(31)28(37)38/h4-14,24H,1-3,15-18,31H2,(H,37,38)(H3,32,33,34,36)/t24-/m0/s1. The Morgan fingerprint density at radius 3 is 2.38 bits per heavy atom. The molecule has 0 radical (unpaired) electrons. The minimum absolute atomic E-state index is 0.0251. The van der Waals surface area contributed by atoms with Crippen LogP contribution in [0.15, 0.2) is 71.7 Å². The minimum atomic E-state index is -1.08. The molecule has 1 atom stereocenters. The summed E-state index contributed by atoms with van der Waals surface area (Å²) >= 11 is 6.03. The molecule has 0 bridgehead atoms. The van der Waals surface area contributed by atoms with Crippen molar-refractivity contribution in [2.45, 2.75) is 38.3 Å². The van der Waals surface area contributed by atoms with Crippen molar-refractivity contribution in [1.29, 1.82) is 0 Å². The van der Waals surface area contributed by atoms with E-state index in [-0.39, 0.29) is 12.4 Å². The number of nitrogens with zero attached hydrogens (tertiary/aromatic N) is 2. The van der Waals surface area contributed by atoms with Crippen LogP contribution in [-0.4, -0.2) is 42.1 Å². The number of carboxylic acid groups (broad SMARTS) is 1. The van der Waals surface area contributed by atoms with Crippen molar-refractivity contribution in [3.05, 3.63) is 88.4 Å². The molecule has 1 aliphatic rings. The van der Waals surface area contributed by atoms with E-state index in [9.17, 15) is 9.59 Å². The highest BCUT2D eigenvalue weighted by Crippen LogP contribution is 2.34. The van der Waals surface area contributed by atoms with Gasteiger partial charge < -0.3 is 31.5 Å². The summed E-state index contributed by atoms with van der Waals surface area (Å²) in [6, 6.07) is 18.5. The summed E-state index contributed by atoms with van der Waals surface area (Å²) in [7, 11) is 0. The lowest BCUT2D eigenvalue weighted by molar-refractivity contribution is -0.138. The topological polar surface area (TPSA) is 143 Å². The molecule has 1 saturated heterocycles. The van der Waals surface area contributed by atoms with E-state index in [4.69, 9.17) is 32.9 Å². The number of hydrogen-bond acceptors (Lipinski definition) is 5. The summed E-state index contributed by atoms with van der Waals surface area (Å²) in [4.78, 5) is 30.0. The van der Waals surface area contributed by atoms with E-state index in [1.165, 1.54) is 6.42 Å². The highest BCUT2D eigenvalue weighted by molar-refractivity contribution is 6.30. The van der Waals surface area contributed by atoms with Gasteiger partial charge in [-0.15, -0.1) is 0 Å². The van der Waals surface area contributed by atoms with Crippen LogP contribution in [0.5, 0.6) is 11.5 Å². The van der Waals surface area contributed by atoms with Gasteiger partial charge in [-0.05, 0) is 79.8 Å². The van der Waals surface area contributed by atoms with Crippen LogP contribution in [0.1, 0.15) is 40.7 Å². The van der Waals surface area contributed by atoms with Crippen LogP contribution in [0.4, 0.5) is 5.69 Å². The number of carbonyl (C=O) groups is 2. The number of nitrogens with one attached hydrogen (secondary N) is 1. The van der Waals surface area contributed by atoms with Gasteiger partial charge in [-0.3, -0.25) is 9.59 Å². The first-order valence-corrected chi connectivity index (χ1v) is 13.2. The molecule has 1 aliphatic heterocycles. The predicted molar refractivity (Wildman–Crippen MR) is 153 cm³/mol. The molecule has 1 amide bonds.